The van der Waals surface area contributed by atoms with E-state index in [4.69, 9.17) is 0 Å². The number of rotatable bonds is 4. The number of amides is 1. The van der Waals surface area contributed by atoms with Crippen LogP contribution in [0.25, 0.3) is 0 Å². The number of nitrogens with one attached hydrogen (secondary N) is 1. The van der Waals surface area contributed by atoms with Crippen LogP contribution in [0.5, 0.6) is 0 Å². The lowest BCUT2D eigenvalue weighted by molar-refractivity contribution is -0.384. The van der Waals surface area contributed by atoms with Gasteiger partial charge in [-0.05, 0) is 43.1 Å². The van der Waals surface area contributed by atoms with E-state index in [9.17, 15) is 14.9 Å². The lowest BCUT2D eigenvalue weighted by atomic mass is 9.90. The van der Waals surface area contributed by atoms with Gasteiger partial charge in [-0.2, -0.15) is 5.10 Å². The molecule has 0 aromatic heterocycles. The number of carbonyl (C=O) groups excluding carboxylic acids is 1. The zero-order valence-electron chi connectivity index (χ0n) is 11.6. The van der Waals surface area contributed by atoms with Crippen LogP contribution in [0.1, 0.15) is 36.0 Å². The van der Waals surface area contributed by atoms with Crippen molar-refractivity contribution in [2.75, 3.05) is 0 Å². The van der Waals surface area contributed by atoms with E-state index in [2.05, 4.69) is 10.5 Å². The third-order valence-electron chi connectivity index (χ3n) is 4.54. The van der Waals surface area contributed by atoms with Gasteiger partial charge in [-0.1, -0.05) is 12.5 Å². The van der Waals surface area contributed by atoms with Crippen LogP contribution in [0.2, 0.25) is 0 Å². The highest BCUT2D eigenvalue weighted by Crippen LogP contribution is 2.47. The summed E-state index contributed by atoms with van der Waals surface area (Å²) >= 11 is 0. The number of nitro groups is 1. The van der Waals surface area contributed by atoms with E-state index in [0.717, 1.165) is 5.92 Å². The first-order valence-corrected chi connectivity index (χ1v) is 7.21. The van der Waals surface area contributed by atoms with Gasteiger partial charge < -0.3 is 0 Å². The van der Waals surface area contributed by atoms with Crippen LogP contribution in [0.4, 0.5) is 5.69 Å². The van der Waals surface area contributed by atoms with Crippen LogP contribution in [0.3, 0.4) is 0 Å². The molecule has 2 bridgehead atoms. The fraction of sp³-hybridized carbons (Fsp3) is 0.467. The molecule has 0 spiro atoms. The van der Waals surface area contributed by atoms with Gasteiger partial charge in [0.2, 0.25) is 0 Å². The molecule has 1 aromatic carbocycles. The Morgan fingerprint density at radius 2 is 2.24 bits per heavy atom. The van der Waals surface area contributed by atoms with Crippen LogP contribution >= 0.6 is 0 Å². The van der Waals surface area contributed by atoms with Gasteiger partial charge in [0.25, 0.3) is 11.6 Å². The summed E-state index contributed by atoms with van der Waals surface area (Å²) in [6.45, 7) is 0. The van der Waals surface area contributed by atoms with Gasteiger partial charge in [0.05, 0.1) is 4.92 Å². The number of nitrogens with zero attached hydrogens (tertiary/aromatic N) is 2. The summed E-state index contributed by atoms with van der Waals surface area (Å²) in [4.78, 5) is 22.1. The van der Waals surface area contributed by atoms with Crippen molar-refractivity contribution in [2.45, 2.75) is 25.7 Å². The second-order valence-corrected chi connectivity index (χ2v) is 5.87. The van der Waals surface area contributed by atoms with Crippen molar-refractivity contribution in [3.63, 3.8) is 0 Å². The predicted octanol–water partition coefficient (Wildman–Crippen LogP) is 2.75. The Kier molecular flexibility index (Phi) is 3.68. The van der Waals surface area contributed by atoms with Crippen molar-refractivity contribution in [1.82, 2.24) is 5.43 Å². The van der Waals surface area contributed by atoms with Crippen molar-refractivity contribution in [3.05, 3.63) is 39.9 Å². The van der Waals surface area contributed by atoms with Gasteiger partial charge in [-0.3, -0.25) is 14.9 Å². The molecule has 0 heterocycles. The summed E-state index contributed by atoms with van der Waals surface area (Å²) < 4.78 is 0. The summed E-state index contributed by atoms with van der Waals surface area (Å²) in [6.07, 6.45) is 6.88. The van der Waals surface area contributed by atoms with Crippen LogP contribution in [0.15, 0.2) is 29.4 Å². The van der Waals surface area contributed by atoms with Gasteiger partial charge in [-0.15, -0.1) is 0 Å². The monoisotopic (exact) mass is 287 g/mol. The number of fused-ring (bicyclic) bond motifs is 2. The zero-order valence-corrected chi connectivity index (χ0v) is 11.6. The van der Waals surface area contributed by atoms with Crippen molar-refractivity contribution < 1.29 is 9.72 Å². The Morgan fingerprint density at radius 1 is 1.38 bits per heavy atom. The molecular weight excluding hydrogens is 270 g/mol. The van der Waals surface area contributed by atoms with E-state index in [0.29, 0.717) is 11.8 Å². The molecule has 3 unspecified atom stereocenters. The van der Waals surface area contributed by atoms with Gasteiger partial charge in [0.15, 0.2) is 0 Å². The normalized spacial score (nSPS) is 27.1. The highest BCUT2D eigenvalue weighted by atomic mass is 16.6. The quantitative estimate of drug-likeness (QED) is 0.525. The highest BCUT2D eigenvalue weighted by molar-refractivity contribution is 5.94. The van der Waals surface area contributed by atoms with Gasteiger partial charge in [-0.25, -0.2) is 5.43 Å². The van der Waals surface area contributed by atoms with Crippen molar-refractivity contribution in [1.29, 1.82) is 0 Å². The second kappa shape index (κ2) is 5.63. The molecule has 110 valence electrons. The molecule has 0 radical (unpaired) electrons. The zero-order chi connectivity index (χ0) is 14.8. The SMILES string of the molecule is O=C(N/N=C/C1CC2CCC1C2)c1cccc([N+](=O)[O-])c1. The average molecular weight is 287 g/mol. The number of hydrazone groups is 1. The maximum atomic E-state index is 11.9. The van der Waals surface area contributed by atoms with E-state index >= 15 is 0 Å². The fourth-order valence-corrected chi connectivity index (χ4v) is 3.49. The topological polar surface area (TPSA) is 84.6 Å². The van der Waals surface area contributed by atoms with E-state index in [1.54, 1.807) is 0 Å². The van der Waals surface area contributed by atoms with E-state index in [1.165, 1.54) is 49.9 Å². The van der Waals surface area contributed by atoms with E-state index in [1.807, 2.05) is 6.21 Å². The average Bonchev–Trinajstić information content (AvgIpc) is 3.10. The molecule has 1 aromatic rings. The Labute approximate surface area is 122 Å². The second-order valence-electron chi connectivity index (χ2n) is 5.87. The number of hydrogen-bond acceptors (Lipinski definition) is 4. The number of nitro benzene ring substituents is 1. The molecular formula is C15H17N3O3. The Hall–Kier alpha value is -2.24. The molecule has 6 heteroatoms. The fourth-order valence-electron chi connectivity index (χ4n) is 3.49. The third kappa shape index (κ3) is 2.94. The molecule has 2 saturated carbocycles. The molecule has 0 aliphatic heterocycles. The lowest BCUT2D eigenvalue weighted by Gasteiger charge is -2.16. The Morgan fingerprint density at radius 3 is 2.90 bits per heavy atom. The number of carbonyl (C=O) groups is 1. The van der Waals surface area contributed by atoms with Crippen LogP contribution in [-0.4, -0.2) is 17.0 Å². The summed E-state index contributed by atoms with van der Waals surface area (Å²) in [6, 6.07) is 5.64. The Balaban J connectivity index is 1.59. The Bertz CT molecular complexity index is 600. The third-order valence-corrected chi connectivity index (χ3v) is 4.54. The molecule has 1 N–H and O–H groups in total. The molecule has 3 atom stereocenters. The molecule has 2 aliphatic rings. The van der Waals surface area contributed by atoms with Crippen molar-refractivity contribution >= 4 is 17.8 Å². The van der Waals surface area contributed by atoms with Crippen molar-refractivity contribution in [2.24, 2.45) is 22.9 Å². The number of hydrogen-bond donors (Lipinski definition) is 1. The summed E-state index contributed by atoms with van der Waals surface area (Å²) in [5.74, 6) is 1.60. The highest BCUT2D eigenvalue weighted by Gasteiger charge is 2.38. The van der Waals surface area contributed by atoms with Crippen LogP contribution in [0, 0.1) is 27.9 Å². The smallest absolute Gasteiger partial charge is 0.267 e. The van der Waals surface area contributed by atoms with E-state index in [-0.39, 0.29) is 11.3 Å². The molecule has 2 fully saturated rings. The van der Waals surface area contributed by atoms with Gasteiger partial charge >= 0.3 is 0 Å². The summed E-state index contributed by atoms with van der Waals surface area (Å²) in [5.41, 5.74) is 2.61. The van der Waals surface area contributed by atoms with Gasteiger partial charge in [0, 0.05) is 23.9 Å². The maximum Gasteiger partial charge on any atom is 0.271 e. The lowest BCUT2D eigenvalue weighted by Crippen LogP contribution is -2.20. The molecule has 6 nitrogen and oxygen atoms in total. The first-order chi connectivity index (χ1) is 10.1. The molecule has 0 saturated heterocycles. The molecule has 21 heavy (non-hydrogen) atoms. The van der Waals surface area contributed by atoms with E-state index < -0.39 is 10.8 Å². The number of non-ortho nitro benzene ring substituents is 1. The molecule has 1 amide bonds. The number of benzene rings is 1. The molecule has 3 rings (SSSR count). The predicted molar refractivity (Wildman–Crippen MR) is 78.0 cm³/mol. The minimum atomic E-state index is -0.519. The van der Waals surface area contributed by atoms with Crippen LogP contribution in [-0.2, 0) is 0 Å². The first kappa shape index (κ1) is 13.7. The van der Waals surface area contributed by atoms with Crippen LogP contribution < -0.4 is 5.43 Å². The first-order valence-electron chi connectivity index (χ1n) is 7.21. The standard InChI is InChI=1S/C15H17N3O3/c19-15(12-2-1-3-14(8-12)18(20)21)17-16-9-13-7-10-4-5-11(13)6-10/h1-3,8-11,13H,4-7H2,(H,17,19)/b16-9+. The van der Waals surface area contributed by atoms with Crippen molar-refractivity contribution in [3.8, 4) is 0 Å². The summed E-state index contributed by atoms with van der Waals surface area (Å²) in [7, 11) is 0. The minimum absolute atomic E-state index is 0.0975. The molecule has 2 aliphatic carbocycles. The maximum absolute atomic E-state index is 11.9. The van der Waals surface area contributed by atoms with Gasteiger partial charge in [0.1, 0.15) is 0 Å². The largest absolute Gasteiger partial charge is 0.271 e. The minimum Gasteiger partial charge on any atom is -0.267 e. The summed E-state index contributed by atoms with van der Waals surface area (Å²) in [5, 5.41) is 14.7.